The highest BCUT2D eigenvalue weighted by Crippen LogP contribution is 2.38. The first-order valence-electron chi connectivity index (χ1n) is 10.2. The Kier molecular flexibility index (Phi) is 8.43. The normalized spacial score (nSPS) is 13.2. The van der Waals surface area contributed by atoms with Crippen LogP contribution in [0.2, 0.25) is 5.02 Å². The molecule has 0 saturated heterocycles. The lowest BCUT2D eigenvalue weighted by molar-refractivity contribution is -0.385. The van der Waals surface area contributed by atoms with E-state index in [1.165, 1.54) is 44.4 Å². The SMILES string of the molecule is COc1cc(C(=O)O[C@H](C)C(=O)N[C@@](C)(C#N)C(C)C)ccc1Oc1ccc(Cl)cc1[N+](=O)[O-]. The summed E-state index contributed by atoms with van der Waals surface area (Å²) in [6.45, 7) is 6.54. The molecule has 1 N–H and O–H groups in total. The van der Waals surface area contributed by atoms with E-state index in [-0.39, 0.29) is 39.4 Å². The first-order valence-corrected chi connectivity index (χ1v) is 10.5. The van der Waals surface area contributed by atoms with Gasteiger partial charge in [0, 0.05) is 11.1 Å². The zero-order valence-corrected chi connectivity index (χ0v) is 20.0. The summed E-state index contributed by atoms with van der Waals surface area (Å²) >= 11 is 5.82. The van der Waals surface area contributed by atoms with Gasteiger partial charge < -0.3 is 19.5 Å². The monoisotopic (exact) mass is 489 g/mol. The zero-order chi connectivity index (χ0) is 25.6. The summed E-state index contributed by atoms with van der Waals surface area (Å²) in [6, 6.07) is 10.0. The summed E-state index contributed by atoms with van der Waals surface area (Å²) in [5.74, 6) is -1.46. The van der Waals surface area contributed by atoms with Crippen LogP contribution < -0.4 is 14.8 Å². The summed E-state index contributed by atoms with van der Waals surface area (Å²) in [7, 11) is 1.33. The molecule has 2 aromatic carbocycles. The maximum Gasteiger partial charge on any atom is 0.339 e. The molecule has 180 valence electrons. The number of hydrogen-bond donors (Lipinski definition) is 1. The molecule has 0 bridgehead atoms. The number of hydrogen-bond acceptors (Lipinski definition) is 8. The Hall–Kier alpha value is -3.84. The number of amides is 1. The van der Waals surface area contributed by atoms with Crippen molar-refractivity contribution < 1.29 is 28.7 Å². The van der Waals surface area contributed by atoms with Crippen LogP contribution in [0.4, 0.5) is 5.69 Å². The number of nitrogens with zero attached hydrogens (tertiary/aromatic N) is 2. The van der Waals surface area contributed by atoms with Crippen LogP contribution in [0.15, 0.2) is 36.4 Å². The summed E-state index contributed by atoms with van der Waals surface area (Å²) in [5.41, 5.74) is -1.41. The first kappa shape index (κ1) is 26.4. The summed E-state index contributed by atoms with van der Waals surface area (Å²) in [5, 5.41) is 23.4. The van der Waals surface area contributed by atoms with Gasteiger partial charge in [-0.1, -0.05) is 25.4 Å². The molecule has 0 fully saturated rings. The van der Waals surface area contributed by atoms with Crippen molar-refractivity contribution in [1.82, 2.24) is 5.32 Å². The standard InChI is InChI=1S/C23H24ClN3O7/c1-13(2)23(4,12-25)26-21(28)14(3)33-22(29)15-6-8-19(20(10-15)32-5)34-18-9-7-16(24)11-17(18)27(30)31/h6-11,13-14H,1-5H3,(H,26,28)/t14-,23+/m1/s1. The van der Waals surface area contributed by atoms with E-state index in [2.05, 4.69) is 11.4 Å². The van der Waals surface area contributed by atoms with Crippen LogP contribution in [-0.2, 0) is 9.53 Å². The second-order valence-electron chi connectivity index (χ2n) is 7.84. The highest BCUT2D eigenvalue weighted by Gasteiger charge is 2.32. The minimum Gasteiger partial charge on any atom is -0.493 e. The predicted molar refractivity (Wildman–Crippen MR) is 123 cm³/mol. The van der Waals surface area contributed by atoms with E-state index in [4.69, 9.17) is 25.8 Å². The molecule has 2 rings (SSSR count). The number of nitro benzene ring substituents is 1. The Labute approximate surface area is 201 Å². The third-order valence-electron chi connectivity index (χ3n) is 5.16. The molecular formula is C23H24ClN3O7. The molecule has 11 heteroatoms. The molecule has 2 aromatic rings. The number of nitro groups is 1. The van der Waals surface area contributed by atoms with E-state index < -0.39 is 28.4 Å². The van der Waals surface area contributed by atoms with Crippen molar-refractivity contribution in [3.05, 3.63) is 57.1 Å². The number of nitrogens with one attached hydrogen (secondary N) is 1. The number of methoxy groups -OCH3 is 1. The molecule has 10 nitrogen and oxygen atoms in total. The van der Waals surface area contributed by atoms with Crippen LogP contribution in [-0.4, -0.2) is 35.6 Å². The minimum absolute atomic E-state index is 0.0568. The predicted octanol–water partition coefficient (Wildman–Crippen LogP) is 4.65. The van der Waals surface area contributed by atoms with Gasteiger partial charge in [0.05, 0.1) is 23.7 Å². The van der Waals surface area contributed by atoms with Gasteiger partial charge in [-0.3, -0.25) is 14.9 Å². The van der Waals surface area contributed by atoms with Crippen LogP contribution in [0.3, 0.4) is 0 Å². The average Bonchev–Trinajstić information content (AvgIpc) is 2.79. The molecule has 0 saturated carbocycles. The summed E-state index contributed by atoms with van der Waals surface area (Å²) in [4.78, 5) is 35.7. The van der Waals surface area contributed by atoms with E-state index >= 15 is 0 Å². The topological polar surface area (TPSA) is 141 Å². The smallest absolute Gasteiger partial charge is 0.339 e. The first-order chi connectivity index (χ1) is 15.9. The van der Waals surface area contributed by atoms with Gasteiger partial charge in [-0.2, -0.15) is 5.26 Å². The molecule has 0 heterocycles. The highest BCUT2D eigenvalue weighted by atomic mass is 35.5. The molecule has 34 heavy (non-hydrogen) atoms. The van der Waals surface area contributed by atoms with E-state index in [1.807, 2.05) is 0 Å². The summed E-state index contributed by atoms with van der Waals surface area (Å²) in [6.07, 6.45) is -1.17. The number of esters is 1. The van der Waals surface area contributed by atoms with Crippen LogP contribution in [0.25, 0.3) is 0 Å². The van der Waals surface area contributed by atoms with E-state index in [0.29, 0.717) is 0 Å². The van der Waals surface area contributed by atoms with Crippen molar-refractivity contribution in [2.45, 2.75) is 39.3 Å². The molecule has 0 spiro atoms. The number of rotatable bonds is 9. The molecule has 0 aliphatic heterocycles. The molecule has 0 unspecified atom stereocenters. The van der Waals surface area contributed by atoms with Gasteiger partial charge in [0.2, 0.25) is 5.75 Å². The quantitative estimate of drug-likeness (QED) is 0.305. The molecule has 0 radical (unpaired) electrons. The van der Waals surface area contributed by atoms with E-state index in [9.17, 15) is 25.0 Å². The van der Waals surface area contributed by atoms with Crippen molar-refractivity contribution in [3.8, 4) is 23.3 Å². The Morgan fingerprint density at radius 1 is 1.15 bits per heavy atom. The fraction of sp³-hybridized carbons (Fsp3) is 0.348. The lowest BCUT2D eigenvalue weighted by atomic mass is 9.90. The molecule has 0 aliphatic rings. The van der Waals surface area contributed by atoms with Crippen molar-refractivity contribution in [3.63, 3.8) is 0 Å². The van der Waals surface area contributed by atoms with Crippen LogP contribution in [0.5, 0.6) is 17.2 Å². The van der Waals surface area contributed by atoms with Crippen molar-refractivity contribution in [2.75, 3.05) is 7.11 Å². The maximum absolute atomic E-state index is 12.6. The Bertz CT molecular complexity index is 1150. The number of carbonyl (C=O) groups is 2. The van der Waals surface area contributed by atoms with Crippen molar-refractivity contribution >= 4 is 29.2 Å². The third kappa shape index (κ3) is 6.14. The number of ether oxygens (including phenoxy) is 3. The van der Waals surface area contributed by atoms with E-state index in [1.54, 1.807) is 20.8 Å². The fourth-order valence-corrected chi connectivity index (χ4v) is 2.82. The van der Waals surface area contributed by atoms with Crippen LogP contribution in [0.1, 0.15) is 38.1 Å². The number of halogens is 1. The Balaban J connectivity index is 2.19. The molecule has 0 aromatic heterocycles. The van der Waals surface area contributed by atoms with Gasteiger partial charge >= 0.3 is 11.7 Å². The van der Waals surface area contributed by atoms with Crippen molar-refractivity contribution in [1.29, 1.82) is 5.26 Å². The molecule has 1 amide bonds. The minimum atomic E-state index is -1.17. The zero-order valence-electron chi connectivity index (χ0n) is 19.2. The van der Waals surface area contributed by atoms with Crippen LogP contribution >= 0.6 is 11.6 Å². The van der Waals surface area contributed by atoms with Crippen molar-refractivity contribution in [2.24, 2.45) is 5.92 Å². The van der Waals surface area contributed by atoms with E-state index in [0.717, 1.165) is 6.07 Å². The molecular weight excluding hydrogens is 466 g/mol. The number of carbonyl (C=O) groups excluding carboxylic acids is 2. The fourth-order valence-electron chi connectivity index (χ4n) is 2.66. The Morgan fingerprint density at radius 3 is 2.35 bits per heavy atom. The van der Waals surface area contributed by atoms with Crippen LogP contribution in [0, 0.1) is 27.4 Å². The van der Waals surface area contributed by atoms with Gasteiger partial charge in [0.15, 0.2) is 17.6 Å². The van der Waals surface area contributed by atoms with Gasteiger partial charge in [-0.15, -0.1) is 0 Å². The maximum atomic E-state index is 12.6. The van der Waals surface area contributed by atoms with Gasteiger partial charge in [-0.05, 0) is 50.1 Å². The lowest BCUT2D eigenvalue weighted by Crippen LogP contribution is -2.52. The molecule has 2 atom stereocenters. The highest BCUT2D eigenvalue weighted by molar-refractivity contribution is 6.30. The second-order valence-corrected chi connectivity index (χ2v) is 8.28. The number of benzene rings is 2. The third-order valence-corrected chi connectivity index (χ3v) is 5.39. The number of nitriles is 1. The summed E-state index contributed by atoms with van der Waals surface area (Å²) < 4.78 is 16.1. The van der Waals surface area contributed by atoms with Gasteiger partial charge in [-0.25, -0.2) is 4.79 Å². The second kappa shape index (κ2) is 10.9. The lowest BCUT2D eigenvalue weighted by Gasteiger charge is -2.28. The molecule has 0 aliphatic carbocycles. The largest absolute Gasteiger partial charge is 0.493 e. The van der Waals surface area contributed by atoms with Gasteiger partial charge in [0.1, 0.15) is 5.54 Å². The Morgan fingerprint density at radius 2 is 1.79 bits per heavy atom. The van der Waals surface area contributed by atoms with Gasteiger partial charge in [0.25, 0.3) is 5.91 Å². The average molecular weight is 490 g/mol.